The Bertz CT molecular complexity index is 1000. The van der Waals surface area contributed by atoms with Gasteiger partial charge in [0, 0.05) is 11.6 Å². The largest absolute Gasteiger partial charge is 0.356 e. The van der Waals surface area contributed by atoms with Crippen LogP contribution in [0.15, 0.2) is 46.2 Å². The van der Waals surface area contributed by atoms with E-state index in [1.807, 2.05) is 0 Å². The maximum atomic E-state index is 11.5. The second kappa shape index (κ2) is 6.05. The van der Waals surface area contributed by atoms with Gasteiger partial charge in [-0.05, 0) is 23.8 Å². The summed E-state index contributed by atoms with van der Waals surface area (Å²) >= 11 is 0. The van der Waals surface area contributed by atoms with Crippen LogP contribution in [0.5, 0.6) is 0 Å². The predicted molar refractivity (Wildman–Crippen MR) is 82.0 cm³/mol. The molecule has 0 atom stereocenters. The molecule has 0 saturated heterocycles. The fraction of sp³-hybridized carbons (Fsp3) is 0. The summed E-state index contributed by atoms with van der Waals surface area (Å²) in [6, 6.07) is 8.06. The Kier molecular flexibility index (Phi) is 4.72. The molecule has 2 rings (SSSR count). The molecule has 24 heavy (non-hydrogen) atoms. The second-order valence-electron chi connectivity index (χ2n) is 4.59. The van der Waals surface area contributed by atoms with Crippen molar-refractivity contribution in [3.63, 3.8) is 0 Å². The van der Waals surface area contributed by atoms with Gasteiger partial charge in [0.2, 0.25) is 0 Å². The highest BCUT2D eigenvalue weighted by Crippen LogP contribution is 2.37. The maximum absolute atomic E-state index is 11.5. The molecule has 1 radical (unpaired) electrons. The van der Waals surface area contributed by atoms with Crippen LogP contribution in [0, 0.1) is 6.07 Å². The molecule has 0 heterocycles. The van der Waals surface area contributed by atoms with Crippen LogP contribution in [0.2, 0.25) is 0 Å². The van der Waals surface area contributed by atoms with Crippen LogP contribution in [0.1, 0.15) is 0 Å². The summed E-state index contributed by atoms with van der Waals surface area (Å²) in [6.07, 6.45) is 0. The minimum Gasteiger partial charge on any atom is -0.321 e. The third kappa shape index (κ3) is 3.90. The quantitative estimate of drug-likeness (QED) is 0.426. The highest BCUT2D eigenvalue weighted by molar-refractivity contribution is 7.87. The summed E-state index contributed by atoms with van der Waals surface area (Å²) in [4.78, 5) is 16.6. The third-order valence-corrected chi connectivity index (χ3v) is 5.61. The Morgan fingerprint density at radius 2 is 1.58 bits per heavy atom. The predicted octanol–water partition coefficient (Wildman–Crippen LogP) is 0.450. The zero-order chi connectivity index (χ0) is 18.3. The van der Waals surface area contributed by atoms with Gasteiger partial charge in [-0.25, -0.2) is 0 Å². The lowest BCUT2D eigenvalue weighted by Crippen LogP contribution is -2.09. The molecule has 0 spiro atoms. The lowest BCUT2D eigenvalue weighted by Gasteiger charge is -2.13. The van der Waals surface area contributed by atoms with E-state index >= 15 is 0 Å². The molecule has 2 aromatic carbocycles. The van der Waals surface area contributed by atoms with Gasteiger partial charge in [0.1, 0.15) is 9.79 Å². The van der Waals surface area contributed by atoms with Crippen molar-refractivity contribution in [1.29, 1.82) is 0 Å². The van der Waals surface area contributed by atoms with E-state index in [0.29, 0.717) is 0 Å². The van der Waals surface area contributed by atoms with E-state index in [1.165, 1.54) is 0 Å². The monoisotopic (exact) mass is 393 g/mol. The van der Waals surface area contributed by atoms with E-state index in [-0.39, 0.29) is 5.56 Å². The molecule has 129 valence electrons. The molecule has 2 aromatic rings. The zero-order valence-corrected chi connectivity index (χ0v) is 14.1. The lowest BCUT2D eigenvalue weighted by atomic mass is 10.1. The fourth-order valence-corrected chi connectivity index (χ4v) is 4.07. The van der Waals surface area contributed by atoms with Gasteiger partial charge in [0.15, 0.2) is 0 Å². The topological polar surface area (TPSA) is 166 Å². The Morgan fingerprint density at radius 1 is 0.958 bits per heavy atom. The van der Waals surface area contributed by atoms with Crippen LogP contribution < -0.4 is 5.30 Å². The van der Waals surface area contributed by atoms with E-state index in [0.717, 1.165) is 36.4 Å². The van der Waals surface area contributed by atoms with Crippen molar-refractivity contribution < 1.29 is 40.3 Å². The van der Waals surface area contributed by atoms with Crippen molar-refractivity contribution in [2.24, 2.45) is 0 Å². The summed E-state index contributed by atoms with van der Waals surface area (Å²) in [5.41, 5.74) is -0.911. The Labute approximate surface area is 137 Å². The molecule has 0 aromatic heterocycles. The third-order valence-electron chi connectivity index (χ3n) is 2.93. The van der Waals surface area contributed by atoms with Crippen LogP contribution in [0.25, 0.3) is 11.1 Å². The smallest absolute Gasteiger partial charge is 0.321 e. The van der Waals surface area contributed by atoms with E-state index < -0.39 is 48.5 Å². The van der Waals surface area contributed by atoms with Crippen molar-refractivity contribution >= 4 is 33.1 Å². The number of hydrogen-bond acceptors (Lipinski definition) is 5. The molecule has 0 fully saturated rings. The van der Waals surface area contributed by atoms with Crippen LogP contribution in [-0.2, 0) is 24.8 Å². The summed E-state index contributed by atoms with van der Waals surface area (Å²) in [5, 5.41) is -0.508. The van der Waals surface area contributed by atoms with E-state index in [4.69, 9.17) is 0 Å². The van der Waals surface area contributed by atoms with E-state index in [9.17, 15) is 40.3 Å². The number of hydrogen-bond donors (Lipinski definition) is 4. The molecule has 0 aliphatic carbocycles. The van der Waals surface area contributed by atoms with Crippen LogP contribution in [0.4, 0.5) is 0 Å². The molecule has 0 saturated carbocycles. The average molecular weight is 393 g/mol. The van der Waals surface area contributed by atoms with Gasteiger partial charge >= 0.3 is 7.60 Å². The standard InChI is InChI=1S/C12H10O9PS2/c13-22(14,15)9-4-1-3-8(7-9)12-10(23(16,17)18)5-2-6-11(12)24(19,20)21/h1-5,7H,(H2,13,14,15)(H,16,17,18)(H,19,20,21). The van der Waals surface area contributed by atoms with E-state index in [2.05, 4.69) is 6.07 Å². The van der Waals surface area contributed by atoms with Gasteiger partial charge in [-0.1, -0.05) is 18.2 Å². The van der Waals surface area contributed by atoms with E-state index in [1.54, 1.807) is 0 Å². The second-order valence-corrected chi connectivity index (χ2v) is 8.94. The fourth-order valence-electron chi connectivity index (χ4n) is 1.99. The summed E-state index contributed by atoms with van der Waals surface area (Å²) < 4.78 is 75.8. The summed E-state index contributed by atoms with van der Waals surface area (Å²) in [7, 11) is -14.6. The molecule has 0 bridgehead atoms. The van der Waals surface area contributed by atoms with Crippen LogP contribution in [-0.4, -0.2) is 35.7 Å². The molecule has 9 nitrogen and oxygen atoms in total. The van der Waals surface area contributed by atoms with Gasteiger partial charge in [0.05, 0.1) is 5.30 Å². The van der Waals surface area contributed by atoms with Crippen LogP contribution >= 0.6 is 7.60 Å². The molecule has 0 aliphatic heterocycles. The lowest BCUT2D eigenvalue weighted by molar-refractivity contribution is 0.387. The first-order valence-electron chi connectivity index (χ1n) is 5.98. The summed E-state index contributed by atoms with van der Waals surface area (Å²) in [6.45, 7) is 0. The molecule has 0 unspecified atom stereocenters. The number of benzene rings is 2. The molecule has 4 N–H and O–H groups in total. The van der Waals surface area contributed by atoms with Gasteiger partial charge in [-0.2, -0.15) is 16.8 Å². The maximum Gasteiger partial charge on any atom is 0.356 e. The molecule has 0 amide bonds. The van der Waals surface area contributed by atoms with Crippen molar-refractivity contribution in [2.45, 2.75) is 9.79 Å². The normalized spacial score (nSPS) is 13.0. The average Bonchev–Trinajstić information content (AvgIpc) is 2.44. The first-order valence-corrected chi connectivity index (χ1v) is 10.5. The van der Waals surface area contributed by atoms with Crippen molar-refractivity contribution in [1.82, 2.24) is 0 Å². The van der Waals surface area contributed by atoms with Crippen molar-refractivity contribution in [2.75, 3.05) is 0 Å². The Hall–Kier alpha value is -1.59. The minimum absolute atomic E-state index is 0.257. The van der Waals surface area contributed by atoms with Gasteiger partial charge in [-0.15, -0.1) is 0 Å². The number of rotatable bonds is 4. The van der Waals surface area contributed by atoms with Crippen molar-refractivity contribution in [3.05, 3.63) is 42.5 Å². The molecular weight excluding hydrogens is 383 g/mol. The van der Waals surface area contributed by atoms with Crippen LogP contribution in [0.3, 0.4) is 0 Å². The zero-order valence-electron chi connectivity index (χ0n) is 11.6. The highest BCUT2D eigenvalue weighted by atomic mass is 32.2. The molecule has 0 aliphatic rings. The van der Waals surface area contributed by atoms with Gasteiger partial charge in [-0.3, -0.25) is 13.7 Å². The Balaban J connectivity index is 2.95. The highest BCUT2D eigenvalue weighted by Gasteiger charge is 2.27. The van der Waals surface area contributed by atoms with Gasteiger partial charge < -0.3 is 9.79 Å². The van der Waals surface area contributed by atoms with Gasteiger partial charge in [0.25, 0.3) is 20.2 Å². The van der Waals surface area contributed by atoms with Crippen molar-refractivity contribution in [3.8, 4) is 11.1 Å². The SMILES string of the molecule is O=P(O)(O)c1cccc(-c2c(S(=O)(=O)O)[c]ccc2S(=O)(=O)O)c1. The Morgan fingerprint density at radius 3 is 2.08 bits per heavy atom. The summed E-state index contributed by atoms with van der Waals surface area (Å²) in [5.74, 6) is 0. The molecular formula is C12H10O9PS2. The minimum atomic E-state index is -4.94. The first-order chi connectivity index (χ1) is 10.8. The first kappa shape index (κ1) is 18.7. The molecule has 12 heteroatoms.